The van der Waals surface area contributed by atoms with Crippen molar-refractivity contribution in [3.8, 4) is 0 Å². The van der Waals surface area contributed by atoms with E-state index in [0.29, 0.717) is 22.5 Å². The zero-order valence-corrected chi connectivity index (χ0v) is 22.1. The zero-order valence-electron chi connectivity index (χ0n) is 22.1. The first-order valence-corrected chi connectivity index (χ1v) is 13.1. The minimum Gasteiger partial charge on any atom is -0.465 e. The number of ether oxygens (including phenoxy) is 1. The zero-order chi connectivity index (χ0) is 26.9. The minimum atomic E-state index is -0.447. The van der Waals surface area contributed by atoms with E-state index in [1.54, 1.807) is 18.2 Å². The van der Waals surface area contributed by atoms with Crippen LogP contribution in [-0.2, 0) is 16.1 Å². The van der Waals surface area contributed by atoms with Gasteiger partial charge in [0.2, 0.25) is 0 Å². The number of anilines is 2. The molecule has 6 rings (SSSR count). The maximum absolute atomic E-state index is 13.4. The molecule has 0 radical (unpaired) electrons. The SMILES string of the molecule is COC(=O)c1ccc2c(c1)NC(=O)/C2=C(\Nc1ccc(CN2CCN(C)CC2)cc1)c1ccc2[nH]ccc2c1. The summed E-state index contributed by atoms with van der Waals surface area (Å²) in [4.78, 5) is 33.5. The summed E-state index contributed by atoms with van der Waals surface area (Å²) in [6.45, 7) is 5.24. The van der Waals surface area contributed by atoms with Crippen molar-refractivity contribution < 1.29 is 14.3 Å². The van der Waals surface area contributed by atoms with Crippen molar-refractivity contribution in [3.05, 3.63) is 95.2 Å². The van der Waals surface area contributed by atoms with Gasteiger partial charge in [-0.25, -0.2) is 4.79 Å². The minimum absolute atomic E-state index is 0.227. The molecule has 0 saturated carbocycles. The lowest BCUT2D eigenvalue weighted by atomic mass is 9.98. The molecule has 1 aromatic heterocycles. The predicted molar refractivity (Wildman–Crippen MR) is 154 cm³/mol. The fraction of sp³-hybridized carbons (Fsp3) is 0.226. The monoisotopic (exact) mass is 521 g/mol. The Labute approximate surface area is 227 Å². The molecule has 0 unspecified atom stereocenters. The van der Waals surface area contributed by atoms with Crippen LogP contribution in [0, 0.1) is 0 Å². The number of aromatic nitrogens is 1. The molecular weight excluding hydrogens is 490 g/mol. The van der Waals surface area contributed by atoms with Gasteiger partial charge in [-0.1, -0.05) is 24.3 Å². The Morgan fingerprint density at radius 2 is 1.72 bits per heavy atom. The number of esters is 1. The molecule has 8 heteroatoms. The highest BCUT2D eigenvalue weighted by Gasteiger charge is 2.29. The molecule has 1 amide bonds. The average Bonchev–Trinajstić information content (AvgIpc) is 3.56. The van der Waals surface area contributed by atoms with Crippen LogP contribution in [0.4, 0.5) is 11.4 Å². The van der Waals surface area contributed by atoms with Gasteiger partial charge in [0, 0.05) is 61.1 Å². The third-order valence-corrected chi connectivity index (χ3v) is 7.50. The molecule has 3 aromatic carbocycles. The second-order valence-corrected chi connectivity index (χ2v) is 10.1. The largest absolute Gasteiger partial charge is 0.465 e. The highest BCUT2D eigenvalue weighted by atomic mass is 16.5. The molecule has 0 aliphatic carbocycles. The van der Waals surface area contributed by atoms with Gasteiger partial charge in [0.05, 0.1) is 29.6 Å². The van der Waals surface area contributed by atoms with Crippen LogP contribution in [0.3, 0.4) is 0 Å². The third-order valence-electron chi connectivity index (χ3n) is 7.50. The summed E-state index contributed by atoms with van der Waals surface area (Å²) in [6.07, 6.45) is 1.90. The number of nitrogens with zero attached hydrogens (tertiary/aromatic N) is 2. The van der Waals surface area contributed by atoms with E-state index in [4.69, 9.17) is 4.74 Å². The van der Waals surface area contributed by atoms with Gasteiger partial charge in [-0.3, -0.25) is 9.69 Å². The normalized spacial score (nSPS) is 17.1. The summed E-state index contributed by atoms with van der Waals surface area (Å²) in [7, 11) is 3.51. The third kappa shape index (κ3) is 5.04. The van der Waals surface area contributed by atoms with Crippen LogP contribution in [0.2, 0.25) is 0 Å². The first-order chi connectivity index (χ1) is 19.0. The number of carbonyl (C=O) groups is 2. The second kappa shape index (κ2) is 10.4. The van der Waals surface area contributed by atoms with Gasteiger partial charge in [0.25, 0.3) is 5.91 Å². The van der Waals surface area contributed by atoms with Crippen molar-refractivity contribution in [3.63, 3.8) is 0 Å². The summed E-state index contributed by atoms with van der Waals surface area (Å²) in [5.41, 5.74) is 6.99. The highest BCUT2D eigenvalue weighted by molar-refractivity contribution is 6.37. The smallest absolute Gasteiger partial charge is 0.337 e. The number of benzene rings is 3. The molecule has 8 nitrogen and oxygen atoms in total. The molecule has 1 fully saturated rings. The Bertz CT molecular complexity index is 1580. The van der Waals surface area contributed by atoms with Gasteiger partial charge in [0.1, 0.15) is 0 Å². The van der Waals surface area contributed by atoms with Crippen molar-refractivity contribution in [1.29, 1.82) is 0 Å². The quantitative estimate of drug-likeness (QED) is 0.253. The van der Waals surface area contributed by atoms with Gasteiger partial charge in [-0.15, -0.1) is 0 Å². The Balaban J connectivity index is 1.36. The molecule has 0 bridgehead atoms. The van der Waals surface area contributed by atoms with E-state index in [0.717, 1.165) is 60.4 Å². The van der Waals surface area contributed by atoms with Crippen LogP contribution in [0.25, 0.3) is 22.2 Å². The van der Waals surface area contributed by atoms with Crippen LogP contribution in [0.5, 0.6) is 0 Å². The molecule has 2 aliphatic rings. The van der Waals surface area contributed by atoms with Gasteiger partial charge >= 0.3 is 5.97 Å². The molecular formula is C31H31N5O3. The summed E-state index contributed by atoms with van der Waals surface area (Å²) in [6, 6.07) is 21.7. The Hall–Kier alpha value is -4.40. The van der Waals surface area contributed by atoms with Crippen molar-refractivity contribution in [1.82, 2.24) is 14.8 Å². The van der Waals surface area contributed by atoms with Gasteiger partial charge in [0.15, 0.2) is 0 Å². The van der Waals surface area contributed by atoms with Crippen LogP contribution in [0.1, 0.15) is 27.0 Å². The number of aromatic amines is 1. The van der Waals surface area contributed by atoms with Crippen molar-refractivity contribution in [2.75, 3.05) is 51.0 Å². The fourth-order valence-corrected chi connectivity index (χ4v) is 5.26. The van der Waals surface area contributed by atoms with Gasteiger partial charge in [-0.2, -0.15) is 0 Å². The molecule has 0 spiro atoms. The van der Waals surface area contributed by atoms with Gasteiger partial charge in [-0.05, 0) is 60.6 Å². The first-order valence-electron chi connectivity index (χ1n) is 13.1. The van der Waals surface area contributed by atoms with Gasteiger partial charge < -0.3 is 25.3 Å². The van der Waals surface area contributed by atoms with Crippen molar-refractivity contribution >= 4 is 45.4 Å². The Morgan fingerprint density at radius 3 is 2.49 bits per heavy atom. The van der Waals surface area contributed by atoms with E-state index in [-0.39, 0.29) is 5.91 Å². The van der Waals surface area contributed by atoms with E-state index in [1.807, 2.05) is 24.4 Å². The number of hydrogen-bond acceptors (Lipinski definition) is 6. The van der Waals surface area contributed by atoms with Crippen LogP contribution < -0.4 is 10.6 Å². The summed E-state index contributed by atoms with van der Waals surface area (Å²) >= 11 is 0. The molecule has 2 aliphatic heterocycles. The van der Waals surface area contributed by atoms with Crippen LogP contribution in [-0.4, -0.2) is 67.0 Å². The Morgan fingerprint density at radius 1 is 0.949 bits per heavy atom. The maximum atomic E-state index is 13.4. The molecule has 1 saturated heterocycles. The molecule has 198 valence electrons. The fourth-order valence-electron chi connectivity index (χ4n) is 5.26. The number of carbonyl (C=O) groups excluding carboxylic acids is 2. The number of piperazine rings is 1. The number of H-pyrrole nitrogens is 1. The standard InChI is InChI=1S/C31H31N5O3/c1-35-13-15-36(16-14-35)19-20-3-7-24(8-4-20)33-29(22-6-10-26-21(17-22)11-12-32-26)28-25-9-5-23(31(38)39-2)18-27(25)34-30(28)37/h3-12,17-18,32-33H,13-16,19H2,1-2H3,(H,34,37)/b29-28-. The number of rotatable bonds is 6. The summed E-state index contributed by atoms with van der Waals surface area (Å²) in [5, 5.41) is 7.53. The van der Waals surface area contributed by atoms with E-state index in [1.165, 1.54) is 12.7 Å². The highest BCUT2D eigenvalue weighted by Crippen LogP contribution is 2.38. The number of amides is 1. The lowest BCUT2D eigenvalue weighted by Gasteiger charge is -2.32. The number of hydrogen-bond donors (Lipinski definition) is 3. The van der Waals surface area contributed by atoms with Crippen LogP contribution in [0.15, 0.2) is 72.9 Å². The van der Waals surface area contributed by atoms with Crippen molar-refractivity contribution in [2.45, 2.75) is 6.54 Å². The second-order valence-electron chi connectivity index (χ2n) is 10.1. The summed E-state index contributed by atoms with van der Waals surface area (Å²) < 4.78 is 4.86. The molecule has 3 N–H and O–H groups in total. The Kier molecular flexibility index (Phi) is 6.64. The molecule has 39 heavy (non-hydrogen) atoms. The summed E-state index contributed by atoms with van der Waals surface area (Å²) in [5.74, 6) is -0.673. The molecule has 3 heterocycles. The average molecular weight is 522 g/mol. The van der Waals surface area contributed by atoms with E-state index >= 15 is 0 Å². The topological polar surface area (TPSA) is 89.7 Å². The lowest BCUT2D eigenvalue weighted by molar-refractivity contribution is -0.110. The number of fused-ring (bicyclic) bond motifs is 2. The van der Waals surface area contributed by atoms with Crippen molar-refractivity contribution in [2.24, 2.45) is 0 Å². The van der Waals surface area contributed by atoms with E-state index in [9.17, 15) is 9.59 Å². The first kappa shape index (κ1) is 24.9. The maximum Gasteiger partial charge on any atom is 0.337 e. The van der Waals surface area contributed by atoms with Crippen LogP contribution >= 0.6 is 0 Å². The number of likely N-dealkylation sites (N-methyl/N-ethyl adjacent to an activating group) is 1. The predicted octanol–water partition coefficient (Wildman–Crippen LogP) is 4.63. The van der Waals surface area contributed by atoms with E-state index in [2.05, 4.69) is 62.8 Å². The molecule has 4 aromatic rings. The van der Waals surface area contributed by atoms with E-state index < -0.39 is 5.97 Å². The number of methoxy groups -OCH3 is 1. The number of nitrogens with one attached hydrogen (secondary N) is 3. The molecule has 0 atom stereocenters. The lowest BCUT2D eigenvalue weighted by Crippen LogP contribution is -2.43.